The maximum Gasteiger partial charge on any atom is 0.233 e. The summed E-state index contributed by atoms with van der Waals surface area (Å²) in [5, 5.41) is 0. The zero-order chi connectivity index (χ0) is 19.1. The van der Waals surface area contributed by atoms with Crippen LogP contribution in [-0.4, -0.2) is 64.3 Å². The van der Waals surface area contributed by atoms with Gasteiger partial charge in [0.1, 0.15) is 6.17 Å². The van der Waals surface area contributed by atoms with Crippen molar-refractivity contribution in [3.8, 4) is 0 Å². The van der Waals surface area contributed by atoms with Gasteiger partial charge in [0, 0.05) is 32.0 Å². The summed E-state index contributed by atoms with van der Waals surface area (Å²) in [4.78, 5) is 2.01. The van der Waals surface area contributed by atoms with Crippen LogP contribution in [0.1, 0.15) is 17.5 Å². The molecule has 1 aromatic rings. The first-order valence-electron chi connectivity index (χ1n) is 8.45. The molecular formula is C17H23N3O4S2. The first kappa shape index (κ1) is 17.8. The SMILES string of the molecule is Cc1ccc2c(c1)[C@]13CCN(S(C)(=O)=O)CC1=CN(S(C)(=O)=O)[C@H]3N2C. The van der Waals surface area contributed by atoms with E-state index in [1.807, 2.05) is 31.0 Å². The third kappa shape index (κ3) is 2.26. The minimum Gasteiger partial charge on any atom is -0.352 e. The average Bonchev–Trinajstić information content (AvgIpc) is 2.98. The van der Waals surface area contributed by atoms with E-state index in [1.165, 1.54) is 21.1 Å². The van der Waals surface area contributed by atoms with E-state index >= 15 is 0 Å². The molecular weight excluding hydrogens is 374 g/mol. The van der Waals surface area contributed by atoms with E-state index in [0.717, 1.165) is 22.4 Å². The third-order valence-electron chi connectivity index (χ3n) is 5.87. The second-order valence-corrected chi connectivity index (χ2v) is 11.4. The largest absolute Gasteiger partial charge is 0.352 e. The van der Waals surface area contributed by atoms with Crippen molar-refractivity contribution in [1.29, 1.82) is 0 Å². The number of piperidine rings is 1. The van der Waals surface area contributed by atoms with E-state index in [1.54, 1.807) is 6.20 Å². The summed E-state index contributed by atoms with van der Waals surface area (Å²) in [5.41, 5.74) is 3.55. The van der Waals surface area contributed by atoms with Gasteiger partial charge < -0.3 is 4.90 Å². The summed E-state index contributed by atoms with van der Waals surface area (Å²) in [6.45, 7) is 2.62. The van der Waals surface area contributed by atoms with Crippen LogP contribution in [0.3, 0.4) is 0 Å². The Morgan fingerprint density at radius 2 is 1.81 bits per heavy atom. The molecule has 3 aliphatic rings. The van der Waals surface area contributed by atoms with Gasteiger partial charge in [-0.2, -0.15) is 4.31 Å². The molecule has 142 valence electrons. The van der Waals surface area contributed by atoms with Crippen LogP contribution in [0.15, 0.2) is 30.0 Å². The summed E-state index contributed by atoms with van der Waals surface area (Å²) in [5.74, 6) is 0. The molecule has 0 aromatic heterocycles. The Balaban J connectivity index is 1.94. The number of aryl methyl sites for hydroxylation is 1. The zero-order valence-electron chi connectivity index (χ0n) is 15.3. The van der Waals surface area contributed by atoms with Gasteiger partial charge in [0.25, 0.3) is 0 Å². The zero-order valence-corrected chi connectivity index (χ0v) is 16.9. The number of sulfonamides is 2. The molecule has 26 heavy (non-hydrogen) atoms. The summed E-state index contributed by atoms with van der Waals surface area (Å²) in [6, 6.07) is 6.16. The molecule has 3 heterocycles. The van der Waals surface area contributed by atoms with Gasteiger partial charge in [0.15, 0.2) is 0 Å². The van der Waals surface area contributed by atoms with Crippen molar-refractivity contribution in [3.63, 3.8) is 0 Å². The Labute approximate surface area is 155 Å². The highest BCUT2D eigenvalue weighted by molar-refractivity contribution is 7.88. The Hall–Kier alpha value is -1.58. The lowest BCUT2D eigenvalue weighted by molar-refractivity contribution is 0.255. The van der Waals surface area contributed by atoms with E-state index in [2.05, 4.69) is 6.07 Å². The van der Waals surface area contributed by atoms with Gasteiger partial charge in [0.05, 0.1) is 17.9 Å². The fraction of sp³-hybridized carbons (Fsp3) is 0.529. The topological polar surface area (TPSA) is 78.0 Å². The minimum absolute atomic E-state index is 0.225. The number of nitrogens with zero attached hydrogens (tertiary/aromatic N) is 3. The van der Waals surface area contributed by atoms with Crippen molar-refractivity contribution < 1.29 is 16.8 Å². The third-order valence-corrected chi connectivity index (χ3v) is 8.19. The van der Waals surface area contributed by atoms with Crippen LogP contribution in [0.5, 0.6) is 0 Å². The van der Waals surface area contributed by atoms with E-state index in [9.17, 15) is 16.8 Å². The van der Waals surface area contributed by atoms with Crippen molar-refractivity contribution in [1.82, 2.24) is 8.61 Å². The Kier molecular flexibility index (Phi) is 3.59. The molecule has 1 aromatic carbocycles. The van der Waals surface area contributed by atoms with Gasteiger partial charge in [-0.15, -0.1) is 0 Å². The molecule has 0 aliphatic carbocycles. The van der Waals surface area contributed by atoms with Crippen LogP contribution in [0.25, 0.3) is 0 Å². The smallest absolute Gasteiger partial charge is 0.233 e. The van der Waals surface area contributed by atoms with E-state index in [-0.39, 0.29) is 12.7 Å². The Bertz CT molecular complexity index is 1030. The van der Waals surface area contributed by atoms with Gasteiger partial charge in [-0.3, -0.25) is 4.31 Å². The lowest BCUT2D eigenvalue weighted by atomic mass is 9.71. The highest BCUT2D eigenvalue weighted by Crippen LogP contribution is 2.57. The summed E-state index contributed by atoms with van der Waals surface area (Å²) in [6.07, 6.45) is 4.23. The highest BCUT2D eigenvalue weighted by Gasteiger charge is 2.61. The number of likely N-dealkylation sites (N-methyl/N-ethyl adjacent to an activating group) is 1. The number of benzene rings is 1. The first-order valence-corrected chi connectivity index (χ1v) is 12.1. The fourth-order valence-electron chi connectivity index (χ4n) is 4.72. The summed E-state index contributed by atoms with van der Waals surface area (Å²) >= 11 is 0. The standard InChI is InChI=1S/C17H23N3O4S2/c1-12-5-6-15-14(9-12)17-7-8-19(25(3,21)22)10-13(17)11-20(26(4,23)24)16(17)18(15)2/h5-6,9,11,16H,7-8,10H2,1-4H3/t16-,17+/m1/s1. The highest BCUT2D eigenvalue weighted by atomic mass is 32.2. The predicted octanol–water partition coefficient (Wildman–Crippen LogP) is 0.833. The molecule has 3 aliphatic heterocycles. The maximum absolute atomic E-state index is 12.5. The lowest BCUT2D eigenvalue weighted by Crippen LogP contribution is -2.55. The van der Waals surface area contributed by atoms with E-state index < -0.39 is 25.5 Å². The summed E-state index contributed by atoms with van der Waals surface area (Å²) < 4.78 is 51.9. The van der Waals surface area contributed by atoms with Crippen LogP contribution in [0.2, 0.25) is 0 Å². The lowest BCUT2D eigenvalue weighted by Gasteiger charge is -2.42. The molecule has 4 rings (SSSR count). The number of anilines is 1. The average molecular weight is 398 g/mol. The molecule has 0 bridgehead atoms. The molecule has 0 amide bonds. The van der Waals surface area contributed by atoms with Gasteiger partial charge in [-0.25, -0.2) is 16.8 Å². The van der Waals surface area contributed by atoms with Crippen LogP contribution in [0, 0.1) is 6.92 Å². The van der Waals surface area contributed by atoms with Crippen molar-refractivity contribution in [2.24, 2.45) is 0 Å². The molecule has 0 saturated carbocycles. The second-order valence-electron chi connectivity index (χ2n) is 7.57. The van der Waals surface area contributed by atoms with Crippen LogP contribution < -0.4 is 4.90 Å². The fourth-order valence-corrected chi connectivity index (χ4v) is 6.52. The van der Waals surface area contributed by atoms with E-state index in [0.29, 0.717) is 13.0 Å². The van der Waals surface area contributed by atoms with E-state index in [4.69, 9.17) is 0 Å². The number of rotatable bonds is 2. The number of fused-ring (bicyclic) bond motifs is 1. The number of hydrogen-bond acceptors (Lipinski definition) is 5. The second kappa shape index (κ2) is 5.24. The maximum atomic E-state index is 12.5. The Morgan fingerprint density at radius 3 is 2.42 bits per heavy atom. The normalized spacial score (nSPS) is 28.6. The van der Waals surface area contributed by atoms with Crippen molar-refractivity contribution >= 4 is 25.7 Å². The van der Waals surface area contributed by atoms with Crippen molar-refractivity contribution in [3.05, 3.63) is 41.1 Å². The van der Waals surface area contributed by atoms with Gasteiger partial charge in [-0.05, 0) is 30.5 Å². The van der Waals surface area contributed by atoms with Crippen molar-refractivity contribution in [2.45, 2.75) is 24.9 Å². The van der Waals surface area contributed by atoms with Crippen molar-refractivity contribution in [2.75, 3.05) is 37.5 Å². The molecule has 1 spiro atoms. The molecule has 1 saturated heterocycles. The Morgan fingerprint density at radius 1 is 1.12 bits per heavy atom. The molecule has 9 heteroatoms. The minimum atomic E-state index is -3.49. The van der Waals surface area contributed by atoms with Crippen LogP contribution in [0.4, 0.5) is 5.69 Å². The van der Waals surface area contributed by atoms with Gasteiger partial charge in [-0.1, -0.05) is 17.7 Å². The molecule has 0 N–H and O–H groups in total. The van der Waals surface area contributed by atoms with Crippen LogP contribution >= 0.6 is 0 Å². The molecule has 1 fully saturated rings. The monoisotopic (exact) mass is 397 g/mol. The number of hydrogen-bond donors (Lipinski definition) is 0. The molecule has 0 radical (unpaired) electrons. The molecule has 0 unspecified atom stereocenters. The first-order chi connectivity index (χ1) is 12.0. The summed E-state index contributed by atoms with van der Waals surface area (Å²) in [7, 11) is -4.92. The predicted molar refractivity (Wildman–Crippen MR) is 101 cm³/mol. The molecule has 7 nitrogen and oxygen atoms in total. The van der Waals surface area contributed by atoms with Gasteiger partial charge in [0.2, 0.25) is 20.0 Å². The van der Waals surface area contributed by atoms with Gasteiger partial charge >= 0.3 is 0 Å². The van der Waals surface area contributed by atoms with Crippen LogP contribution in [-0.2, 0) is 25.5 Å². The quantitative estimate of drug-likeness (QED) is 0.739. The molecule has 2 atom stereocenters.